The van der Waals surface area contributed by atoms with Gasteiger partial charge in [-0.2, -0.15) is 5.10 Å². The summed E-state index contributed by atoms with van der Waals surface area (Å²) in [6.45, 7) is 7.94. The van der Waals surface area contributed by atoms with E-state index >= 15 is 0 Å². The summed E-state index contributed by atoms with van der Waals surface area (Å²) in [5.74, 6) is 0.594. The van der Waals surface area contributed by atoms with Gasteiger partial charge in [0.25, 0.3) is 5.91 Å². The van der Waals surface area contributed by atoms with Crippen molar-refractivity contribution in [2.45, 2.75) is 30.8 Å². The Morgan fingerprint density at radius 1 is 1.25 bits per heavy atom. The Hall–Kier alpha value is -2.07. The van der Waals surface area contributed by atoms with Gasteiger partial charge in [0.2, 0.25) is 0 Å². The van der Waals surface area contributed by atoms with E-state index in [1.54, 1.807) is 40.8 Å². The molecule has 3 aromatic rings. The molecule has 0 spiro atoms. The Bertz CT molecular complexity index is 1120. The first-order chi connectivity index (χ1) is 15.4. The smallest absolute Gasteiger partial charge is 0.252 e. The highest BCUT2D eigenvalue weighted by atomic mass is 35.5. The van der Waals surface area contributed by atoms with E-state index in [4.69, 9.17) is 37.9 Å². The van der Waals surface area contributed by atoms with Crippen LogP contribution in [-0.4, -0.2) is 63.8 Å². The molecule has 170 valence electrons. The van der Waals surface area contributed by atoms with Crippen molar-refractivity contribution in [1.82, 2.24) is 25.1 Å². The summed E-state index contributed by atoms with van der Waals surface area (Å²) < 4.78 is 7.29. The third-order valence-corrected chi connectivity index (χ3v) is 6.32. The van der Waals surface area contributed by atoms with Gasteiger partial charge < -0.3 is 15.0 Å². The zero-order valence-electron chi connectivity index (χ0n) is 17.8. The van der Waals surface area contributed by atoms with Gasteiger partial charge in [-0.1, -0.05) is 48.8 Å². The van der Waals surface area contributed by atoms with Gasteiger partial charge in [0, 0.05) is 29.9 Å². The van der Waals surface area contributed by atoms with E-state index < -0.39 is 0 Å². The van der Waals surface area contributed by atoms with E-state index in [0.29, 0.717) is 52.3 Å². The molecule has 1 N–H and O–H groups in total. The number of ether oxygens (including phenoxy) is 1. The maximum absolute atomic E-state index is 12.5. The molecule has 1 fully saturated rings. The number of fused-ring (bicyclic) bond motifs is 1. The number of nitrogens with one attached hydrogen (secondary N) is 1. The van der Waals surface area contributed by atoms with E-state index in [1.165, 1.54) is 0 Å². The largest absolute Gasteiger partial charge is 0.378 e. The predicted octanol–water partition coefficient (Wildman–Crippen LogP) is 3.90. The van der Waals surface area contributed by atoms with Crippen LogP contribution >= 0.6 is 35.0 Å². The Morgan fingerprint density at radius 3 is 2.78 bits per heavy atom. The number of carbonyl (C=O) groups excluding carboxylic acids is 1. The number of hydrogen-bond donors (Lipinski definition) is 1. The molecule has 0 saturated carbocycles. The Labute approximate surface area is 200 Å². The highest BCUT2D eigenvalue weighted by molar-refractivity contribution is 7.99. The van der Waals surface area contributed by atoms with Gasteiger partial charge in [-0.3, -0.25) is 4.79 Å². The van der Waals surface area contributed by atoms with Gasteiger partial charge in [-0.05, 0) is 18.2 Å². The third-order valence-electron chi connectivity index (χ3n) is 4.89. The molecule has 1 amide bonds. The number of morpholine rings is 1. The Kier molecular flexibility index (Phi) is 7.40. The lowest BCUT2D eigenvalue weighted by Crippen LogP contribution is -2.37. The zero-order valence-corrected chi connectivity index (χ0v) is 20.2. The molecule has 0 atom stereocenters. The van der Waals surface area contributed by atoms with Crippen molar-refractivity contribution in [3.05, 3.63) is 40.0 Å². The summed E-state index contributed by atoms with van der Waals surface area (Å²) in [7, 11) is 0. The van der Waals surface area contributed by atoms with Gasteiger partial charge in [0.05, 0.1) is 41.9 Å². The number of anilines is 1. The van der Waals surface area contributed by atoms with E-state index in [9.17, 15) is 4.79 Å². The highest BCUT2D eigenvalue weighted by Crippen LogP contribution is 2.29. The maximum atomic E-state index is 12.5. The number of amides is 1. The standard InChI is InChI=1S/C21H24Cl2N6O2S/c1-13(2)32-21-26-18(28-7-9-31-10-8-28)16-12-25-29(19(16)27-21)6-5-24-20(30)15-11-14(22)3-4-17(15)23/h3-4,11-13H,5-10H2,1-2H3,(H,24,30). The fourth-order valence-corrected chi connectivity index (χ4v) is 4.48. The molecule has 3 heterocycles. The number of benzene rings is 1. The van der Waals surface area contributed by atoms with Crippen molar-refractivity contribution < 1.29 is 9.53 Å². The van der Waals surface area contributed by atoms with Gasteiger partial charge in [-0.15, -0.1) is 0 Å². The molecule has 4 rings (SSSR count). The lowest BCUT2D eigenvalue weighted by atomic mass is 10.2. The van der Waals surface area contributed by atoms with Gasteiger partial charge in [0.15, 0.2) is 10.8 Å². The SMILES string of the molecule is CC(C)Sc1nc(N2CCOCC2)c2cnn(CCNC(=O)c3cc(Cl)ccc3Cl)c2n1. The third kappa shape index (κ3) is 5.28. The highest BCUT2D eigenvalue weighted by Gasteiger charge is 2.21. The lowest BCUT2D eigenvalue weighted by molar-refractivity contribution is 0.0952. The van der Waals surface area contributed by atoms with E-state index in [-0.39, 0.29) is 5.91 Å². The average molecular weight is 495 g/mol. The fourth-order valence-electron chi connectivity index (χ4n) is 3.41. The summed E-state index contributed by atoms with van der Waals surface area (Å²) in [6, 6.07) is 4.81. The number of thioether (sulfide) groups is 1. The van der Waals surface area contributed by atoms with E-state index in [1.807, 2.05) is 0 Å². The van der Waals surface area contributed by atoms with Crippen LogP contribution in [-0.2, 0) is 11.3 Å². The molecule has 1 aliphatic rings. The fraction of sp³-hybridized carbons (Fsp3) is 0.429. The second-order valence-corrected chi connectivity index (χ2v) is 9.97. The zero-order chi connectivity index (χ0) is 22.7. The van der Waals surface area contributed by atoms with Crippen molar-refractivity contribution in [2.24, 2.45) is 0 Å². The number of carbonyl (C=O) groups is 1. The van der Waals surface area contributed by atoms with Crippen LogP contribution in [0.1, 0.15) is 24.2 Å². The average Bonchev–Trinajstić information content (AvgIpc) is 3.18. The van der Waals surface area contributed by atoms with Crippen LogP contribution in [0.15, 0.2) is 29.6 Å². The van der Waals surface area contributed by atoms with Crippen molar-refractivity contribution >= 4 is 57.7 Å². The molecular formula is C21H24Cl2N6O2S. The summed E-state index contributed by atoms with van der Waals surface area (Å²) in [5.41, 5.74) is 1.09. The summed E-state index contributed by atoms with van der Waals surface area (Å²) in [6.07, 6.45) is 1.79. The summed E-state index contributed by atoms with van der Waals surface area (Å²) in [4.78, 5) is 24.3. The molecule has 11 heteroatoms. The Morgan fingerprint density at radius 2 is 2.03 bits per heavy atom. The van der Waals surface area contributed by atoms with Crippen molar-refractivity contribution in [3.8, 4) is 0 Å². The van der Waals surface area contributed by atoms with Gasteiger partial charge >= 0.3 is 0 Å². The van der Waals surface area contributed by atoms with E-state index in [2.05, 4.69) is 29.2 Å². The van der Waals surface area contributed by atoms with Gasteiger partial charge in [-0.25, -0.2) is 14.6 Å². The second kappa shape index (κ2) is 10.2. The minimum atomic E-state index is -0.284. The molecule has 1 aliphatic heterocycles. The van der Waals surface area contributed by atoms with Gasteiger partial charge in [0.1, 0.15) is 5.82 Å². The second-order valence-electron chi connectivity index (χ2n) is 7.58. The molecule has 1 saturated heterocycles. The number of hydrogen-bond acceptors (Lipinski definition) is 7. The molecular weight excluding hydrogens is 471 g/mol. The first-order valence-corrected chi connectivity index (χ1v) is 12.0. The molecule has 1 aromatic carbocycles. The first kappa shape index (κ1) is 23.1. The Balaban J connectivity index is 1.54. The molecule has 0 radical (unpaired) electrons. The first-order valence-electron chi connectivity index (χ1n) is 10.4. The van der Waals surface area contributed by atoms with Crippen LogP contribution in [0.2, 0.25) is 10.0 Å². The normalized spacial score (nSPS) is 14.3. The van der Waals surface area contributed by atoms with Crippen molar-refractivity contribution in [2.75, 3.05) is 37.7 Å². The van der Waals surface area contributed by atoms with Crippen LogP contribution in [0.4, 0.5) is 5.82 Å². The van der Waals surface area contributed by atoms with Crippen LogP contribution in [0.3, 0.4) is 0 Å². The molecule has 2 aromatic heterocycles. The topological polar surface area (TPSA) is 85.2 Å². The minimum Gasteiger partial charge on any atom is -0.378 e. The van der Waals surface area contributed by atoms with Crippen LogP contribution in [0.25, 0.3) is 11.0 Å². The number of nitrogens with zero attached hydrogens (tertiary/aromatic N) is 5. The van der Waals surface area contributed by atoms with E-state index in [0.717, 1.165) is 29.9 Å². The molecule has 0 unspecified atom stereocenters. The lowest BCUT2D eigenvalue weighted by Gasteiger charge is -2.28. The monoisotopic (exact) mass is 494 g/mol. The molecule has 32 heavy (non-hydrogen) atoms. The minimum absolute atomic E-state index is 0.284. The van der Waals surface area contributed by atoms with Crippen LogP contribution < -0.4 is 10.2 Å². The van der Waals surface area contributed by atoms with Crippen LogP contribution in [0.5, 0.6) is 0 Å². The molecule has 0 bridgehead atoms. The summed E-state index contributed by atoms with van der Waals surface area (Å²) in [5, 5.41) is 10.2. The van der Waals surface area contributed by atoms with Crippen LogP contribution in [0, 0.1) is 0 Å². The quantitative estimate of drug-likeness (QED) is 0.393. The molecule has 0 aliphatic carbocycles. The summed E-state index contributed by atoms with van der Waals surface area (Å²) >= 11 is 13.7. The number of halogens is 2. The number of aromatic nitrogens is 4. The maximum Gasteiger partial charge on any atom is 0.252 e. The number of rotatable bonds is 7. The molecule has 8 nitrogen and oxygen atoms in total. The predicted molar refractivity (Wildman–Crippen MR) is 128 cm³/mol. The van der Waals surface area contributed by atoms with Crippen molar-refractivity contribution in [1.29, 1.82) is 0 Å². The van der Waals surface area contributed by atoms with Crippen molar-refractivity contribution in [3.63, 3.8) is 0 Å².